The molecule has 0 unspecified atom stereocenters. The van der Waals surface area contributed by atoms with Gasteiger partial charge in [0, 0.05) is 0 Å². The normalized spacial score (nSPS) is 11.6. The second kappa shape index (κ2) is 8.49. The van der Waals surface area contributed by atoms with E-state index >= 15 is 0 Å². The Kier molecular flexibility index (Phi) is 9.26. The van der Waals surface area contributed by atoms with Crippen LogP contribution in [-0.4, -0.2) is 2.14 Å². The van der Waals surface area contributed by atoms with E-state index in [4.69, 9.17) is 0 Å². The van der Waals surface area contributed by atoms with Gasteiger partial charge in [0.2, 0.25) is 0 Å². The molecule has 0 heterocycles. The zero-order chi connectivity index (χ0) is 10.2. The highest BCUT2D eigenvalue weighted by atomic mass is 80.0. The first-order chi connectivity index (χ1) is 6.06. The van der Waals surface area contributed by atoms with Crippen LogP contribution in [0.25, 0.3) is 0 Å². The molecular weight excluding hydrogens is 360 g/mol. The van der Waals surface area contributed by atoms with Crippen LogP contribution in [0.4, 0.5) is 0 Å². The van der Waals surface area contributed by atoms with Gasteiger partial charge in [-0.25, -0.2) is 0 Å². The Bertz CT molecular complexity index is 127. The highest BCUT2D eigenvalue weighted by Gasteiger charge is 2.15. The molecule has 0 saturated carbocycles. The van der Waals surface area contributed by atoms with E-state index in [0.717, 1.165) is 6.42 Å². The summed E-state index contributed by atoms with van der Waals surface area (Å²) in [5.41, 5.74) is 0. The lowest BCUT2D eigenvalue weighted by Gasteiger charge is -2.10. The lowest BCUT2D eigenvalue weighted by Crippen LogP contribution is -1.97. The summed E-state index contributed by atoms with van der Waals surface area (Å²) in [4.78, 5) is 0. The Morgan fingerprint density at radius 3 is 2.00 bits per heavy atom. The molecule has 0 fully saturated rings. The molecule has 0 nitrogen and oxygen atoms in total. The van der Waals surface area contributed by atoms with Crippen molar-refractivity contribution in [2.45, 2.75) is 47.1 Å². The number of hydrogen-bond donors (Lipinski definition) is 0. The van der Waals surface area contributed by atoms with Crippen LogP contribution < -0.4 is 0 Å². The van der Waals surface area contributed by atoms with Gasteiger partial charge in [0.25, 0.3) is 0 Å². The maximum Gasteiger partial charge on any atom is 0.135 e. The minimum absolute atomic E-state index is 0.0336. The molecule has 0 radical (unpaired) electrons. The van der Waals surface area contributed by atoms with Crippen LogP contribution in [-0.2, 0) is 0 Å². The summed E-state index contributed by atoms with van der Waals surface area (Å²) in [5, 5.41) is 0. The van der Waals surface area contributed by atoms with Crippen molar-refractivity contribution < 1.29 is 0 Å². The van der Waals surface area contributed by atoms with Crippen molar-refractivity contribution in [3.8, 4) is 0 Å². The molecule has 13 heavy (non-hydrogen) atoms. The van der Waals surface area contributed by atoms with E-state index in [1.54, 1.807) is 0 Å². The fourth-order valence-corrected chi connectivity index (χ4v) is 1.99. The molecule has 78 valence electrons. The van der Waals surface area contributed by atoms with Gasteiger partial charge in [0.15, 0.2) is 0 Å². The van der Waals surface area contributed by atoms with E-state index in [0.29, 0.717) is 0 Å². The number of alkyl halides is 3. The van der Waals surface area contributed by atoms with Gasteiger partial charge < -0.3 is 0 Å². The Balaban J connectivity index is 3.04. The molecule has 0 aliphatic rings. The number of hydrogen-bond acceptors (Lipinski definition) is 0. The van der Waals surface area contributed by atoms with E-state index in [9.17, 15) is 0 Å². The fraction of sp³-hybridized carbons (Fsp3) is 0.800. The summed E-state index contributed by atoms with van der Waals surface area (Å²) in [6.07, 6.45) is 10.8. The van der Waals surface area contributed by atoms with Gasteiger partial charge in [-0.1, -0.05) is 79.5 Å². The molecule has 0 aliphatic heterocycles. The largest absolute Gasteiger partial charge is 0.135 e. The minimum atomic E-state index is -0.0336. The second-order valence-corrected chi connectivity index (χ2v) is 10.5. The smallest absolute Gasteiger partial charge is 0.103 e. The lowest BCUT2D eigenvalue weighted by molar-refractivity contribution is 0.608. The van der Waals surface area contributed by atoms with Crippen molar-refractivity contribution in [3.05, 3.63) is 12.7 Å². The molecule has 0 rings (SSSR count). The van der Waals surface area contributed by atoms with Gasteiger partial charge in [-0.2, -0.15) is 0 Å². The average molecular weight is 377 g/mol. The molecule has 0 bridgehead atoms. The van der Waals surface area contributed by atoms with Crippen LogP contribution in [0.5, 0.6) is 0 Å². The Morgan fingerprint density at radius 1 is 0.923 bits per heavy atom. The van der Waals surface area contributed by atoms with Gasteiger partial charge in [-0.3, -0.25) is 0 Å². The molecule has 0 atom stereocenters. The van der Waals surface area contributed by atoms with E-state index in [1.165, 1.54) is 38.5 Å². The van der Waals surface area contributed by atoms with Crippen LogP contribution in [0, 0.1) is 0 Å². The predicted octanol–water partition coefficient (Wildman–Crippen LogP) is 5.74. The molecular formula is C10H17Br3. The minimum Gasteiger partial charge on any atom is -0.103 e. The Labute approximate surface area is 107 Å². The highest BCUT2D eigenvalue weighted by molar-refractivity contribution is 9.39. The molecule has 0 aromatic heterocycles. The zero-order valence-electron chi connectivity index (χ0n) is 7.87. The number of allylic oxidation sites excluding steroid dienone is 1. The van der Waals surface area contributed by atoms with Crippen molar-refractivity contribution >= 4 is 47.8 Å². The number of halogens is 3. The molecule has 0 aromatic carbocycles. The van der Waals surface area contributed by atoms with Crippen LogP contribution in [0.1, 0.15) is 44.9 Å². The van der Waals surface area contributed by atoms with E-state index in [2.05, 4.69) is 54.4 Å². The van der Waals surface area contributed by atoms with Crippen molar-refractivity contribution in [1.29, 1.82) is 0 Å². The van der Waals surface area contributed by atoms with Crippen molar-refractivity contribution in [1.82, 2.24) is 0 Å². The van der Waals surface area contributed by atoms with Crippen LogP contribution >= 0.6 is 47.8 Å². The summed E-state index contributed by atoms with van der Waals surface area (Å²) in [6.45, 7) is 3.71. The third-order valence-electron chi connectivity index (χ3n) is 1.87. The van der Waals surface area contributed by atoms with Gasteiger partial charge >= 0.3 is 0 Å². The first kappa shape index (κ1) is 14.2. The third-order valence-corrected chi connectivity index (χ3v) is 3.06. The lowest BCUT2D eigenvalue weighted by atomic mass is 10.1. The summed E-state index contributed by atoms with van der Waals surface area (Å²) < 4.78 is -0.0336. The van der Waals surface area contributed by atoms with Crippen molar-refractivity contribution in [2.75, 3.05) is 0 Å². The van der Waals surface area contributed by atoms with Crippen LogP contribution in [0.3, 0.4) is 0 Å². The second-order valence-electron chi connectivity index (χ2n) is 3.21. The fourth-order valence-electron chi connectivity index (χ4n) is 1.14. The van der Waals surface area contributed by atoms with Crippen LogP contribution in [0.2, 0.25) is 0 Å². The Hall–Kier alpha value is 1.18. The highest BCUT2D eigenvalue weighted by Crippen LogP contribution is 2.38. The molecule has 0 amide bonds. The predicted molar refractivity (Wildman–Crippen MR) is 72.0 cm³/mol. The first-order valence-corrected chi connectivity index (χ1v) is 7.12. The quantitative estimate of drug-likeness (QED) is 0.302. The van der Waals surface area contributed by atoms with Gasteiger partial charge in [-0.15, -0.1) is 6.58 Å². The average Bonchev–Trinajstić information content (AvgIpc) is 2.01. The number of rotatable bonds is 7. The van der Waals surface area contributed by atoms with Gasteiger partial charge in [0.05, 0.1) is 0 Å². The molecule has 0 aliphatic carbocycles. The maximum absolute atomic E-state index is 3.71. The SMILES string of the molecule is C=CCCCCCCCC(Br)(Br)Br. The molecule has 0 N–H and O–H groups in total. The summed E-state index contributed by atoms with van der Waals surface area (Å²) in [6, 6.07) is 0. The van der Waals surface area contributed by atoms with Crippen molar-refractivity contribution in [2.24, 2.45) is 0 Å². The van der Waals surface area contributed by atoms with Gasteiger partial charge in [0.1, 0.15) is 2.14 Å². The molecule has 0 spiro atoms. The molecule has 3 heteroatoms. The summed E-state index contributed by atoms with van der Waals surface area (Å²) in [5.74, 6) is 0. The van der Waals surface area contributed by atoms with E-state index < -0.39 is 0 Å². The van der Waals surface area contributed by atoms with Crippen LogP contribution in [0.15, 0.2) is 12.7 Å². The maximum atomic E-state index is 3.71. The van der Waals surface area contributed by atoms with E-state index in [1.807, 2.05) is 6.08 Å². The summed E-state index contributed by atoms with van der Waals surface area (Å²) in [7, 11) is 0. The van der Waals surface area contributed by atoms with E-state index in [-0.39, 0.29) is 2.14 Å². The molecule has 0 saturated heterocycles. The summed E-state index contributed by atoms with van der Waals surface area (Å²) >= 11 is 10.5. The third kappa shape index (κ3) is 13.2. The monoisotopic (exact) mass is 374 g/mol. The number of unbranched alkanes of at least 4 members (excludes halogenated alkanes) is 5. The Morgan fingerprint density at radius 2 is 1.46 bits per heavy atom. The van der Waals surface area contributed by atoms with Gasteiger partial charge in [-0.05, 0) is 19.3 Å². The zero-order valence-corrected chi connectivity index (χ0v) is 12.6. The first-order valence-electron chi connectivity index (χ1n) is 4.74. The molecule has 0 aromatic rings. The van der Waals surface area contributed by atoms with Crippen molar-refractivity contribution in [3.63, 3.8) is 0 Å². The topological polar surface area (TPSA) is 0 Å². The standard InChI is InChI=1S/C10H17Br3/c1-2-3-4-5-6-7-8-9-10(11,12)13/h2H,1,3-9H2.